The molecule has 4 nitrogen and oxygen atoms in total. The van der Waals surface area contributed by atoms with Gasteiger partial charge in [-0.05, 0) is 12.1 Å². The summed E-state index contributed by atoms with van der Waals surface area (Å²) in [6.07, 6.45) is 1.65. The Morgan fingerprint density at radius 1 is 1.58 bits per heavy atom. The molecule has 2 rings (SSSR count). The van der Waals surface area contributed by atoms with Gasteiger partial charge < -0.3 is 5.73 Å². The van der Waals surface area contributed by atoms with Crippen LogP contribution in [0.3, 0.4) is 0 Å². The molecule has 2 heterocycles. The summed E-state index contributed by atoms with van der Waals surface area (Å²) in [5.74, 6) is 0. The van der Waals surface area contributed by atoms with Gasteiger partial charge in [-0.1, -0.05) is 11.6 Å². The fourth-order valence-electron chi connectivity index (χ4n) is 1.04. The first-order valence-electron chi connectivity index (χ1n) is 3.51. The molecule has 2 N–H and O–H groups in total. The molecule has 0 amide bonds. The van der Waals surface area contributed by atoms with Crippen LogP contribution in [0.1, 0.15) is 5.69 Å². The van der Waals surface area contributed by atoms with Gasteiger partial charge in [0.2, 0.25) is 0 Å². The molecule has 2 aromatic heterocycles. The van der Waals surface area contributed by atoms with Gasteiger partial charge in [0.1, 0.15) is 0 Å². The number of halogens is 1. The summed E-state index contributed by atoms with van der Waals surface area (Å²) >= 11 is 5.92. The number of nitrogens with zero attached hydrogens (tertiary/aromatic N) is 3. The lowest BCUT2D eigenvalue weighted by Gasteiger charge is -1.90. The number of nitrogens with two attached hydrogens (primary N) is 1. The number of hydrogen-bond acceptors (Lipinski definition) is 3. The second-order valence-electron chi connectivity index (χ2n) is 2.35. The zero-order chi connectivity index (χ0) is 8.55. The van der Waals surface area contributed by atoms with Crippen molar-refractivity contribution in [3.63, 3.8) is 0 Å². The maximum atomic E-state index is 5.92. The van der Waals surface area contributed by atoms with Gasteiger partial charge in [-0.15, -0.1) is 0 Å². The zero-order valence-electron chi connectivity index (χ0n) is 6.24. The van der Waals surface area contributed by atoms with Crippen molar-refractivity contribution in [3.8, 4) is 0 Å². The lowest BCUT2D eigenvalue weighted by molar-refractivity contribution is 0.929. The Hall–Kier alpha value is -1.13. The van der Waals surface area contributed by atoms with Crippen LogP contribution < -0.4 is 5.73 Å². The van der Waals surface area contributed by atoms with E-state index in [0.29, 0.717) is 17.4 Å². The van der Waals surface area contributed by atoms with E-state index in [1.807, 2.05) is 6.07 Å². The number of imidazole rings is 1. The number of aromatic nitrogens is 3. The Bertz CT molecular complexity index is 409. The molecule has 12 heavy (non-hydrogen) atoms. The summed E-state index contributed by atoms with van der Waals surface area (Å²) < 4.78 is 1.56. The molecule has 0 spiro atoms. The summed E-state index contributed by atoms with van der Waals surface area (Å²) in [4.78, 5) is 4.17. The quantitative estimate of drug-likeness (QED) is 0.711. The van der Waals surface area contributed by atoms with Crippen molar-refractivity contribution in [1.29, 1.82) is 0 Å². The molecule has 0 saturated carbocycles. The van der Waals surface area contributed by atoms with Crippen molar-refractivity contribution in [2.45, 2.75) is 6.54 Å². The van der Waals surface area contributed by atoms with Crippen LogP contribution in [-0.4, -0.2) is 14.6 Å². The van der Waals surface area contributed by atoms with Crippen LogP contribution in [0.2, 0.25) is 5.15 Å². The number of rotatable bonds is 1. The molecule has 0 atom stereocenters. The minimum atomic E-state index is 0.336. The molecule has 0 bridgehead atoms. The Morgan fingerprint density at radius 2 is 2.42 bits per heavy atom. The number of fused-ring (bicyclic) bond motifs is 1. The van der Waals surface area contributed by atoms with Gasteiger partial charge in [-0.25, -0.2) is 9.50 Å². The largest absolute Gasteiger partial charge is 0.325 e. The van der Waals surface area contributed by atoms with Gasteiger partial charge in [-0.2, -0.15) is 5.10 Å². The molecule has 0 unspecified atom stereocenters. The maximum absolute atomic E-state index is 5.92. The van der Waals surface area contributed by atoms with Crippen LogP contribution in [0.4, 0.5) is 0 Å². The minimum Gasteiger partial charge on any atom is -0.325 e. The van der Waals surface area contributed by atoms with Gasteiger partial charge in [0.05, 0.1) is 5.69 Å². The average Bonchev–Trinajstić information content (AvgIpc) is 2.44. The molecule has 0 aliphatic carbocycles. The van der Waals surface area contributed by atoms with Crippen molar-refractivity contribution in [2.75, 3.05) is 0 Å². The Morgan fingerprint density at radius 3 is 3.08 bits per heavy atom. The first-order valence-corrected chi connectivity index (χ1v) is 3.89. The van der Waals surface area contributed by atoms with Gasteiger partial charge in [0.25, 0.3) is 0 Å². The van der Waals surface area contributed by atoms with Crippen LogP contribution in [-0.2, 0) is 6.54 Å². The molecule has 0 fully saturated rings. The lowest BCUT2D eigenvalue weighted by atomic mass is 10.5. The molecule has 2 aromatic rings. The van der Waals surface area contributed by atoms with E-state index in [4.69, 9.17) is 17.3 Å². The normalized spacial score (nSPS) is 10.8. The Labute approximate surface area is 74.0 Å². The van der Waals surface area contributed by atoms with Gasteiger partial charge in [0, 0.05) is 12.7 Å². The highest BCUT2D eigenvalue weighted by atomic mass is 35.5. The smallest absolute Gasteiger partial charge is 0.155 e. The van der Waals surface area contributed by atoms with Crippen LogP contribution in [0.5, 0.6) is 0 Å². The predicted octanol–water partition coefficient (Wildman–Crippen LogP) is 0.841. The highest BCUT2D eigenvalue weighted by Crippen LogP contribution is 2.15. The van der Waals surface area contributed by atoms with Crippen LogP contribution in [0, 0.1) is 0 Å². The highest BCUT2D eigenvalue weighted by Gasteiger charge is 2.07. The molecule has 0 radical (unpaired) electrons. The SMILES string of the molecule is NCc1nc2cccnn2c1Cl. The van der Waals surface area contributed by atoms with E-state index in [0.717, 1.165) is 5.65 Å². The van der Waals surface area contributed by atoms with Crippen molar-refractivity contribution < 1.29 is 0 Å². The third kappa shape index (κ3) is 0.964. The van der Waals surface area contributed by atoms with Crippen LogP contribution in [0.15, 0.2) is 18.3 Å². The fourth-order valence-corrected chi connectivity index (χ4v) is 1.29. The van der Waals surface area contributed by atoms with E-state index >= 15 is 0 Å². The highest BCUT2D eigenvalue weighted by molar-refractivity contribution is 6.30. The van der Waals surface area contributed by atoms with E-state index in [9.17, 15) is 0 Å². The third-order valence-electron chi connectivity index (χ3n) is 1.60. The van der Waals surface area contributed by atoms with Crippen molar-refractivity contribution in [2.24, 2.45) is 5.73 Å². The van der Waals surface area contributed by atoms with Gasteiger partial charge in [0.15, 0.2) is 10.8 Å². The Balaban J connectivity index is 2.78. The second-order valence-corrected chi connectivity index (χ2v) is 2.71. The minimum absolute atomic E-state index is 0.336. The standard InChI is InChI=1S/C7H7ClN4/c8-7-5(4-9)11-6-2-1-3-10-12(6)7/h1-3H,4,9H2. The molecular weight excluding hydrogens is 176 g/mol. The summed E-state index contributed by atoms with van der Waals surface area (Å²) in [7, 11) is 0. The van der Waals surface area contributed by atoms with Crippen LogP contribution in [0.25, 0.3) is 5.65 Å². The lowest BCUT2D eigenvalue weighted by Crippen LogP contribution is -1.97. The molecule has 62 valence electrons. The van der Waals surface area contributed by atoms with Gasteiger partial charge >= 0.3 is 0 Å². The van der Waals surface area contributed by atoms with E-state index in [1.165, 1.54) is 0 Å². The summed E-state index contributed by atoms with van der Waals surface area (Å²) in [6.45, 7) is 0.336. The molecular formula is C7H7ClN4. The first-order chi connectivity index (χ1) is 5.83. The number of hydrogen-bond donors (Lipinski definition) is 1. The zero-order valence-corrected chi connectivity index (χ0v) is 6.99. The molecule has 5 heteroatoms. The second kappa shape index (κ2) is 2.73. The molecule has 0 aromatic carbocycles. The summed E-state index contributed by atoms with van der Waals surface area (Å²) in [5.41, 5.74) is 6.83. The van der Waals surface area contributed by atoms with Gasteiger partial charge in [-0.3, -0.25) is 0 Å². The summed E-state index contributed by atoms with van der Waals surface area (Å²) in [6, 6.07) is 3.64. The van der Waals surface area contributed by atoms with E-state index in [-0.39, 0.29) is 0 Å². The van der Waals surface area contributed by atoms with E-state index in [1.54, 1.807) is 16.8 Å². The molecule has 0 saturated heterocycles. The molecule has 0 aliphatic heterocycles. The summed E-state index contributed by atoms with van der Waals surface area (Å²) in [5, 5.41) is 4.51. The molecule has 0 aliphatic rings. The van der Waals surface area contributed by atoms with E-state index in [2.05, 4.69) is 10.1 Å². The first kappa shape index (κ1) is 7.52. The van der Waals surface area contributed by atoms with Crippen molar-refractivity contribution in [1.82, 2.24) is 14.6 Å². The van der Waals surface area contributed by atoms with Crippen molar-refractivity contribution in [3.05, 3.63) is 29.2 Å². The maximum Gasteiger partial charge on any atom is 0.155 e. The third-order valence-corrected chi connectivity index (χ3v) is 1.98. The van der Waals surface area contributed by atoms with E-state index < -0.39 is 0 Å². The monoisotopic (exact) mass is 182 g/mol. The Kier molecular flexibility index (Phi) is 1.71. The predicted molar refractivity (Wildman–Crippen MR) is 45.9 cm³/mol. The van der Waals surface area contributed by atoms with Crippen LogP contribution >= 0.6 is 11.6 Å². The van der Waals surface area contributed by atoms with Crippen molar-refractivity contribution >= 4 is 17.2 Å². The average molecular weight is 183 g/mol. The topological polar surface area (TPSA) is 56.2 Å². The fraction of sp³-hybridized carbons (Fsp3) is 0.143.